The van der Waals surface area contributed by atoms with Gasteiger partial charge in [-0.3, -0.25) is 19.9 Å². The Hall–Kier alpha value is -3.74. The summed E-state index contributed by atoms with van der Waals surface area (Å²) < 4.78 is 5.28. The number of benzene rings is 2. The summed E-state index contributed by atoms with van der Waals surface area (Å²) in [5.74, 6) is 0.201. The van der Waals surface area contributed by atoms with Gasteiger partial charge < -0.3 is 10.1 Å². The number of para-hydroxylation sites is 1. The second-order valence-electron chi connectivity index (χ2n) is 5.35. The number of nitrogens with zero attached hydrogens (tertiary/aromatic N) is 2. The van der Waals surface area contributed by atoms with Crippen molar-refractivity contribution in [1.29, 1.82) is 0 Å². The van der Waals surface area contributed by atoms with Gasteiger partial charge in [-0.25, -0.2) is 0 Å². The van der Waals surface area contributed by atoms with Gasteiger partial charge in [-0.05, 0) is 36.4 Å². The number of rotatable bonds is 5. The molecule has 0 aliphatic carbocycles. The molecule has 0 unspecified atom stereocenters. The number of anilines is 1. The number of nitro benzene ring substituents is 1. The van der Waals surface area contributed by atoms with Crippen molar-refractivity contribution in [3.8, 4) is 5.75 Å². The third-order valence-electron chi connectivity index (χ3n) is 3.76. The fourth-order valence-electron chi connectivity index (χ4n) is 2.56. The topological polar surface area (TPSA) is 94.4 Å². The minimum atomic E-state index is -0.486. The minimum absolute atomic E-state index is 0.0596. The maximum Gasteiger partial charge on any atom is 0.276 e. The lowest BCUT2D eigenvalue weighted by Crippen LogP contribution is -2.08. The van der Waals surface area contributed by atoms with E-state index in [1.54, 1.807) is 49.7 Å². The van der Waals surface area contributed by atoms with Gasteiger partial charge in [0.25, 0.3) is 5.69 Å². The summed E-state index contributed by atoms with van der Waals surface area (Å²) in [6, 6.07) is 13.2. The summed E-state index contributed by atoms with van der Waals surface area (Å²) in [7, 11) is 1.55. The molecule has 1 heterocycles. The highest BCUT2D eigenvalue weighted by Gasteiger charge is 2.11. The van der Waals surface area contributed by atoms with E-state index in [0.29, 0.717) is 22.5 Å². The summed E-state index contributed by atoms with van der Waals surface area (Å²) in [6.45, 7) is 0. The van der Waals surface area contributed by atoms with E-state index in [0.717, 1.165) is 5.39 Å². The third kappa shape index (κ3) is 3.51. The highest BCUT2D eigenvalue weighted by atomic mass is 16.6. The average Bonchev–Trinajstić information content (AvgIpc) is 2.67. The number of hydrogen-bond acceptors (Lipinski definition) is 5. The molecule has 130 valence electrons. The van der Waals surface area contributed by atoms with Crippen LogP contribution in [-0.2, 0) is 4.79 Å². The van der Waals surface area contributed by atoms with E-state index in [1.807, 2.05) is 6.07 Å². The highest BCUT2D eigenvalue weighted by Crippen LogP contribution is 2.29. The lowest BCUT2D eigenvalue weighted by molar-refractivity contribution is -0.385. The zero-order valence-corrected chi connectivity index (χ0v) is 13.9. The molecule has 0 aliphatic rings. The van der Waals surface area contributed by atoms with Crippen molar-refractivity contribution in [3.63, 3.8) is 0 Å². The molecule has 0 spiro atoms. The molecule has 0 radical (unpaired) electrons. The Labute approximate surface area is 149 Å². The molecular formula is C19H15N3O4. The molecule has 7 nitrogen and oxygen atoms in total. The molecule has 7 heteroatoms. The predicted octanol–water partition coefficient (Wildman–Crippen LogP) is 3.80. The number of aromatic nitrogens is 1. The van der Waals surface area contributed by atoms with Gasteiger partial charge in [-0.15, -0.1) is 0 Å². The third-order valence-corrected chi connectivity index (χ3v) is 3.76. The fraction of sp³-hybridized carbons (Fsp3) is 0.0526. The normalized spacial score (nSPS) is 10.8. The van der Waals surface area contributed by atoms with Crippen molar-refractivity contribution in [2.45, 2.75) is 0 Å². The highest BCUT2D eigenvalue weighted by molar-refractivity contribution is 6.08. The van der Waals surface area contributed by atoms with Crippen LogP contribution in [0.5, 0.6) is 5.75 Å². The van der Waals surface area contributed by atoms with Gasteiger partial charge in [0.15, 0.2) is 0 Å². The van der Waals surface area contributed by atoms with Crippen molar-refractivity contribution >= 4 is 34.3 Å². The van der Waals surface area contributed by atoms with Crippen LogP contribution in [0.15, 0.2) is 60.8 Å². The maximum absolute atomic E-state index is 12.2. The number of hydrogen-bond donors (Lipinski definition) is 1. The molecule has 0 bridgehead atoms. The zero-order valence-electron chi connectivity index (χ0n) is 13.9. The summed E-state index contributed by atoms with van der Waals surface area (Å²) in [5.41, 5.74) is 1.51. The van der Waals surface area contributed by atoms with Gasteiger partial charge in [-0.1, -0.05) is 12.1 Å². The van der Waals surface area contributed by atoms with Gasteiger partial charge in [0.1, 0.15) is 11.3 Å². The molecule has 0 atom stereocenters. The smallest absolute Gasteiger partial charge is 0.276 e. The average molecular weight is 349 g/mol. The molecule has 0 aliphatic heterocycles. The Morgan fingerprint density at radius 3 is 2.77 bits per heavy atom. The molecule has 1 N–H and O–H groups in total. The van der Waals surface area contributed by atoms with Gasteiger partial charge in [0.2, 0.25) is 5.91 Å². The van der Waals surface area contributed by atoms with Crippen LogP contribution in [-0.4, -0.2) is 22.9 Å². The Balaban J connectivity index is 1.86. The molecular weight excluding hydrogens is 334 g/mol. The molecule has 1 aromatic heterocycles. The molecule has 0 saturated carbocycles. The predicted molar refractivity (Wildman–Crippen MR) is 99.1 cm³/mol. The number of amides is 1. The van der Waals surface area contributed by atoms with Gasteiger partial charge in [0, 0.05) is 23.7 Å². The first-order chi connectivity index (χ1) is 12.6. The SMILES string of the molecule is COc1ccc(NC(=O)/C=C/c2ccccc2[N+](=O)[O-])c2cccnc12. The van der Waals surface area contributed by atoms with Gasteiger partial charge in [-0.2, -0.15) is 0 Å². The zero-order chi connectivity index (χ0) is 18.5. The van der Waals surface area contributed by atoms with Crippen LogP contribution in [0.2, 0.25) is 0 Å². The summed E-state index contributed by atoms with van der Waals surface area (Å²) in [6.07, 6.45) is 4.32. The van der Waals surface area contributed by atoms with Gasteiger partial charge >= 0.3 is 0 Å². The maximum atomic E-state index is 12.2. The van der Waals surface area contributed by atoms with Crippen LogP contribution < -0.4 is 10.1 Å². The van der Waals surface area contributed by atoms with E-state index in [4.69, 9.17) is 4.74 Å². The number of ether oxygens (including phenoxy) is 1. The molecule has 3 aromatic rings. The Morgan fingerprint density at radius 2 is 2.00 bits per heavy atom. The van der Waals surface area contributed by atoms with Crippen molar-refractivity contribution in [1.82, 2.24) is 4.98 Å². The molecule has 1 amide bonds. The number of carbonyl (C=O) groups excluding carboxylic acids is 1. The van der Waals surface area contributed by atoms with Crippen LogP contribution in [0.25, 0.3) is 17.0 Å². The van der Waals surface area contributed by atoms with Gasteiger partial charge in [0.05, 0.1) is 23.3 Å². The van der Waals surface area contributed by atoms with E-state index in [9.17, 15) is 14.9 Å². The number of pyridine rings is 1. The van der Waals surface area contributed by atoms with Crippen LogP contribution in [0.4, 0.5) is 11.4 Å². The van der Waals surface area contributed by atoms with Crippen molar-refractivity contribution in [2.75, 3.05) is 12.4 Å². The van der Waals surface area contributed by atoms with E-state index >= 15 is 0 Å². The van der Waals surface area contributed by atoms with E-state index in [-0.39, 0.29) is 5.69 Å². The quantitative estimate of drug-likeness (QED) is 0.429. The van der Waals surface area contributed by atoms with E-state index in [2.05, 4.69) is 10.3 Å². The molecule has 3 rings (SSSR count). The number of methoxy groups -OCH3 is 1. The second kappa shape index (κ2) is 7.43. The summed E-state index contributed by atoms with van der Waals surface area (Å²) in [5, 5.41) is 14.5. The van der Waals surface area contributed by atoms with Crippen LogP contribution in [0.1, 0.15) is 5.56 Å². The molecule has 2 aromatic carbocycles. The minimum Gasteiger partial charge on any atom is -0.494 e. The molecule has 0 fully saturated rings. The Kier molecular flexibility index (Phi) is 4.89. The van der Waals surface area contributed by atoms with Crippen molar-refractivity contribution in [3.05, 3.63) is 76.5 Å². The second-order valence-corrected chi connectivity index (χ2v) is 5.35. The lowest BCUT2D eigenvalue weighted by Gasteiger charge is -2.09. The number of nitrogens with one attached hydrogen (secondary N) is 1. The lowest BCUT2D eigenvalue weighted by atomic mass is 10.1. The number of carbonyl (C=O) groups is 1. The van der Waals surface area contributed by atoms with E-state index < -0.39 is 10.8 Å². The first-order valence-electron chi connectivity index (χ1n) is 7.74. The first-order valence-corrected chi connectivity index (χ1v) is 7.74. The first kappa shape index (κ1) is 17.1. The van der Waals surface area contributed by atoms with Crippen LogP contribution in [0.3, 0.4) is 0 Å². The fourth-order valence-corrected chi connectivity index (χ4v) is 2.56. The van der Waals surface area contributed by atoms with Crippen LogP contribution >= 0.6 is 0 Å². The summed E-state index contributed by atoms with van der Waals surface area (Å²) >= 11 is 0. The largest absolute Gasteiger partial charge is 0.494 e. The van der Waals surface area contributed by atoms with Crippen molar-refractivity contribution in [2.24, 2.45) is 0 Å². The standard InChI is InChI=1S/C19H15N3O4/c1-26-17-10-9-15(14-6-4-12-20-19(14)17)21-18(23)11-8-13-5-2-3-7-16(13)22(24)25/h2-12H,1H3,(H,21,23)/b11-8+. The van der Waals surface area contributed by atoms with E-state index in [1.165, 1.54) is 18.2 Å². The molecule has 0 saturated heterocycles. The Bertz CT molecular complexity index is 1010. The Morgan fingerprint density at radius 1 is 1.19 bits per heavy atom. The summed E-state index contributed by atoms with van der Waals surface area (Å²) in [4.78, 5) is 27.1. The monoisotopic (exact) mass is 349 g/mol. The van der Waals surface area contributed by atoms with Crippen LogP contribution in [0, 0.1) is 10.1 Å². The molecule has 26 heavy (non-hydrogen) atoms. The number of nitro groups is 1. The van der Waals surface area contributed by atoms with Crippen molar-refractivity contribution < 1.29 is 14.5 Å². The number of fused-ring (bicyclic) bond motifs is 1.